The topological polar surface area (TPSA) is 66.4 Å². The van der Waals surface area contributed by atoms with Crippen molar-refractivity contribution in [3.8, 4) is 6.01 Å². The summed E-state index contributed by atoms with van der Waals surface area (Å²) in [6.45, 7) is 7.57. The van der Waals surface area contributed by atoms with E-state index in [-0.39, 0.29) is 28.3 Å². The molecule has 0 spiro atoms. The van der Waals surface area contributed by atoms with Crippen molar-refractivity contribution < 1.29 is 9.13 Å². The Hall–Kier alpha value is -1.77. The minimum Gasteiger partial charge on any atom is -0.461 e. The first kappa shape index (κ1) is 20.8. The normalized spacial score (nSPS) is 26.8. The second-order valence-electron chi connectivity index (χ2n) is 9.76. The van der Waals surface area contributed by atoms with Gasteiger partial charge in [0.15, 0.2) is 11.0 Å². The molecule has 1 N–H and O–H groups in total. The highest BCUT2D eigenvalue weighted by Crippen LogP contribution is 2.41. The van der Waals surface area contributed by atoms with Crippen LogP contribution in [0, 0.1) is 11.7 Å². The van der Waals surface area contributed by atoms with E-state index in [0.29, 0.717) is 17.9 Å². The summed E-state index contributed by atoms with van der Waals surface area (Å²) in [7, 11) is 0. The SMILES string of the molecule is CCC1Cc2nc(Cl)c(F)c3nc(OCC45CCCN4CCC5)nc(c23)N2CCNCC12. The van der Waals surface area contributed by atoms with E-state index < -0.39 is 5.82 Å². The fraction of sp³-hybridized carbons (Fsp3) is 0.696. The number of fused-ring (bicyclic) bond motifs is 3. The second-order valence-corrected chi connectivity index (χ2v) is 10.1. The van der Waals surface area contributed by atoms with Crippen LogP contribution in [-0.2, 0) is 6.42 Å². The fourth-order valence-electron chi connectivity index (χ4n) is 6.46. The number of piperazine rings is 1. The Balaban J connectivity index is 1.44. The third-order valence-electron chi connectivity index (χ3n) is 8.14. The summed E-state index contributed by atoms with van der Waals surface area (Å²) in [5.74, 6) is 0.544. The highest BCUT2D eigenvalue weighted by molar-refractivity contribution is 6.30. The molecule has 9 heteroatoms. The Bertz CT molecular complexity index is 1040. The Kier molecular flexibility index (Phi) is 5.15. The van der Waals surface area contributed by atoms with Crippen molar-refractivity contribution >= 4 is 28.3 Å². The predicted molar refractivity (Wildman–Crippen MR) is 122 cm³/mol. The summed E-state index contributed by atoms with van der Waals surface area (Å²) in [4.78, 5) is 18.7. The molecular formula is C23H30ClFN6O. The van der Waals surface area contributed by atoms with Crippen molar-refractivity contribution in [3.63, 3.8) is 0 Å². The van der Waals surface area contributed by atoms with Crippen LogP contribution in [0.15, 0.2) is 0 Å². The number of anilines is 1. The average molecular weight is 461 g/mol. The van der Waals surface area contributed by atoms with Gasteiger partial charge in [-0.25, -0.2) is 9.37 Å². The summed E-state index contributed by atoms with van der Waals surface area (Å²) >= 11 is 6.23. The molecule has 7 nitrogen and oxygen atoms in total. The van der Waals surface area contributed by atoms with Gasteiger partial charge in [-0.05, 0) is 51.1 Å². The Labute approximate surface area is 192 Å². The first-order valence-corrected chi connectivity index (χ1v) is 12.4. The Morgan fingerprint density at radius 1 is 1.19 bits per heavy atom. The molecule has 4 aliphatic rings. The van der Waals surface area contributed by atoms with Gasteiger partial charge in [0.05, 0.1) is 16.6 Å². The van der Waals surface area contributed by atoms with Crippen LogP contribution in [0.25, 0.3) is 10.9 Å². The lowest BCUT2D eigenvalue weighted by Crippen LogP contribution is -2.54. The van der Waals surface area contributed by atoms with Gasteiger partial charge in [0.2, 0.25) is 0 Å². The molecule has 0 bridgehead atoms. The molecule has 0 radical (unpaired) electrons. The van der Waals surface area contributed by atoms with E-state index >= 15 is 4.39 Å². The van der Waals surface area contributed by atoms with Gasteiger partial charge in [-0.2, -0.15) is 9.97 Å². The molecule has 32 heavy (non-hydrogen) atoms. The molecular weight excluding hydrogens is 431 g/mol. The maximum atomic E-state index is 15.2. The van der Waals surface area contributed by atoms with Crippen LogP contribution in [0.2, 0.25) is 5.15 Å². The van der Waals surface area contributed by atoms with E-state index in [2.05, 4.69) is 32.0 Å². The van der Waals surface area contributed by atoms with Gasteiger partial charge in [0, 0.05) is 25.7 Å². The summed E-state index contributed by atoms with van der Waals surface area (Å²) < 4.78 is 21.5. The second kappa shape index (κ2) is 7.92. The number of rotatable bonds is 4. The Morgan fingerprint density at radius 3 is 2.78 bits per heavy atom. The Morgan fingerprint density at radius 2 is 2.00 bits per heavy atom. The molecule has 2 atom stereocenters. The molecule has 3 saturated heterocycles. The van der Waals surface area contributed by atoms with Crippen LogP contribution in [0.4, 0.5) is 10.2 Å². The van der Waals surface area contributed by atoms with Crippen LogP contribution in [0.3, 0.4) is 0 Å². The van der Waals surface area contributed by atoms with Gasteiger partial charge in [0.25, 0.3) is 0 Å². The van der Waals surface area contributed by atoms with E-state index in [1.165, 1.54) is 12.8 Å². The van der Waals surface area contributed by atoms with Crippen molar-refractivity contribution in [1.82, 2.24) is 25.2 Å². The maximum Gasteiger partial charge on any atom is 0.319 e. The zero-order chi connectivity index (χ0) is 21.9. The molecule has 0 aromatic carbocycles. The van der Waals surface area contributed by atoms with Gasteiger partial charge in [0.1, 0.15) is 17.9 Å². The van der Waals surface area contributed by atoms with E-state index in [1.807, 2.05) is 0 Å². The highest BCUT2D eigenvalue weighted by atomic mass is 35.5. The van der Waals surface area contributed by atoms with Gasteiger partial charge in [-0.15, -0.1) is 0 Å². The molecule has 4 aliphatic heterocycles. The first-order chi connectivity index (χ1) is 15.6. The smallest absolute Gasteiger partial charge is 0.319 e. The molecule has 2 unspecified atom stereocenters. The zero-order valence-electron chi connectivity index (χ0n) is 18.5. The lowest BCUT2D eigenvalue weighted by molar-refractivity contribution is 0.108. The molecule has 0 amide bonds. The van der Waals surface area contributed by atoms with Crippen LogP contribution >= 0.6 is 11.6 Å². The van der Waals surface area contributed by atoms with E-state index in [0.717, 1.165) is 69.9 Å². The number of halogens is 2. The lowest BCUT2D eigenvalue weighted by Gasteiger charge is -2.40. The number of aromatic nitrogens is 3. The number of nitrogens with one attached hydrogen (secondary N) is 1. The molecule has 2 aromatic heterocycles. The number of ether oxygens (including phenoxy) is 1. The number of hydrogen-bond acceptors (Lipinski definition) is 7. The summed E-state index contributed by atoms with van der Waals surface area (Å²) in [6, 6.07) is 0.523. The van der Waals surface area contributed by atoms with Crippen LogP contribution in [0.5, 0.6) is 6.01 Å². The van der Waals surface area contributed by atoms with Crippen LogP contribution < -0.4 is 15.0 Å². The number of pyridine rings is 1. The monoisotopic (exact) mass is 460 g/mol. The van der Waals surface area contributed by atoms with Gasteiger partial charge in [-0.1, -0.05) is 24.9 Å². The summed E-state index contributed by atoms with van der Waals surface area (Å²) in [6.07, 6.45) is 6.43. The van der Waals surface area contributed by atoms with E-state index in [9.17, 15) is 0 Å². The van der Waals surface area contributed by atoms with Gasteiger partial charge < -0.3 is 15.0 Å². The number of nitrogens with zero attached hydrogens (tertiary/aromatic N) is 5. The molecule has 2 aromatic rings. The van der Waals surface area contributed by atoms with Crippen molar-refractivity contribution in [2.75, 3.05) is 44.2 Å². The molecule has 0 saturated carbocycles. The maximum absolute atomic E-state index is 15.2. The number of hydrogen-bond donors (Lipinski definition) is 1. The van der Waals surface area contributed by atoms with Gasteiger partial charge >= 0.3 is 6.01 Å². The third kappa shape index (κ3) is 3.17. The van der Waals surface area contributed by atoms with Crippen molar-refractivity contribution in [1.29, 1.82) is 0 Å². The molecule has 172 valence electrons. The van der Waals surface area contributed by atoms with E-state index in [1.54, 1.807) is 0 Å². The fourth-order valence-corrected chi connectivity index (χ4v) is 6.66. The minimum atomic E-state index is -0.581. The summed E-state index contributed by atoms with van der Waals surface area (Å²) in [5, 5.41) is 4.10. The molecule has 3 fully saturated rings. The summed E-state index contributed by atoms with van der Waals surface area (Å²) in [5.41, 5.74) is 1.11. The standard InChI is InChI=1S/C23H30ClFN6O/c1-2-14-11-15-17-19(18(25)20(24)27-15)28-22(29-21(17)31-10-7-26-12-16(14)31)32-13-23-5-3-8-30(23)9-4-6-23/h14,16,26H,2-13H2,1H3. The zero-order valence-corrected chi connectivity index (χ0v) is 19.3. The molecule has 0 aliphatic carbocycles. The van der Waals surface area contributed by atoms with E-state index in [4.69, 9.17) is 21.3 Å². The van der Waals surface area contributed by atoms with Crippen molar-refractivity contribution in [2.45, 2.75) is 57.0 Å². The van der Waals surface area contributed by atoms with Crippen molar-refractivity contribution in [2.24, 2.45) is 5.92 Å². The molecule has 6 heterocycles. The van der Waals surface area contributed by atoms with Crippen molar-refractivity contribution in [3.05, 3.63) is 16.7 Å². The van der Waals surface area contributed by atoms with Crippen LogP contribution in [-0.4, -0.2) is 70.8 Å². The average Bonchev–Trinajstić information content (AvgIpc) is 3.35. The lowest BCUT2D eigenvalue weighted by atomic mass is 9.90. The minimum absolute atomic E-state index is 0.0803. The van der Waals surface area contributed by atoms with Gasteiger partial charge in [-0.3, -0.25) is 4.90 Å². The van der Waals surface area contributed by atoms with Crippen LogP contribution in [0.1, 0.15) is 44.7 Å². The predicted octanol–water partition coefficient (Wildman–Crippen LogP) is 3.19. The largest absolute Gasteiger partial charge is 0.461 e. The molecule has 6 rings (SSSR count). The quantitative estimate of drug-likeness (QED) is 0.703. The first-order valence-electron chi connectivity index (χ1n) is 12.0. The third-order valence-corrected chi connectivity index (χ3v) is 8.39. The highest BCUT2D eigenvalue weighted by Gasteiger charge is 2.45.